The third kappa shape index (κ3) is 4.35. The first-order valence-electron chi connectivity index (χ1n) is 4.81. The quantitative estimate of drug-likeness (QED) is 0.818. The number of hydrogen-bond acceptors (Lipinski definition) is 3. The zero-order valence-electron chi connectivity index (χ0n) is 9.04. The highest BCUT2D eigenvalue weighted by atomic mass is 79.9. The van der Waals surface area contributed by atoms with Gasteiger partial charge < -0.3 is 10.6 Å². The molecule has 0 fully saturated rings. The van der Waals surface area contributed by atoms with Gasteiger partial charge in [0, 0.05) is 4.47 Å². The fraction of sp³-hybridized carbons (Fsp3) is 0.300. The summed E-state index contributed by atoms with van der Waals surface area (Å²) >= 11 is 7.89. The monoisotopic (exact) mass is 319 g/mol. The van der Waals surface area contributed by atoms with Gasteiger partial charge in [-0.25, -0.2) is 9.37 Å². The second-order valence-corrected chi connectivity index (χ2v) is 4.50. The normalized spacial score (nSPS) is 11.7. The highest BCUT2D eigenvalue weighted by Crippen LogP contribution is 2.15. The van der Waals surface area contributed by atoms with E-state index in [0.717, 1.165) is 0 Å². The van der Waals surface area contributed by atoms with Gasteiger partial charge in [-0.1, -0.05) is 28.1 Å². The molecule has 0 radical (unpaired) electrons. The van der Waals surface area contributed by atoms with E-state index in [1.54, 1.807) is 19.1 Å². The largest absolute Gasteiger partial charge is 0.346 e. The topological polar surface area (TPSA) is 54.0 Å². The van der Waals surface area contributed by atoms with Gasteiger partial charge in [-0.15, -0.1) is 0 Å². The molecule has 0 aliphatic carbocycles. The summed E-state index contributed by atoms with van der Waals surface area (Å²) in [4.78, 5) is 15.7. The molecule has 0 saturated heterocycles. The molecule has 1 aromatic rings. The van der Waals surface area contributed by atoms with Crippen molar-refractivity contribution >= 4 is 45.4 Å². The van der Waals surface area contributed by atoms with Gasteiger partial charge in [-0.2, -0.15) is 0 Å². The number of alkyl halides is 1. The smallest absolute Gasteiger partial charge is 0.270 e. The Kier molecular flexibility index (Phi) is 5.43. The van der Waals surface area contributed by atoms with Crippen LogP contribution in [-0.4, -0.2) is 29.1 Å². The van der Waals surface area contributed by atoms with Gasteiger partial charge in [0.1, 0.15) is 18.2 Å². The van der Waals surface area contributed by atoms with Crippen LogP contribution in [0.15, 0.2) is 16.6 Å². The average molecular weight is 320 g/mol. The lowest BCUT2D eigenvalue weighted by Crippen LogP contribution is -2.34. The molecule has 0 aromatic carbocycles. The molecule has 0 aliphatic rings. The van der Waals surface area contributed by atoms with Crippen LogP contribution < -0.4 is 10.6 Å². The lowest BCUT2D eigenvalue weighted by Gasteiger charge is -2.10. The fourth-order valence-corrected chi connectivity index (χ4v) is 1.64. The maximum absolute atomic E-state index is 12.3. The number of nitrogens with one attached hydrogen (secondary N) is 2. The van der Waals surface area contributed by atoms with Crippen LogP contribution >= 0.6 is 28.1 Å². The Morgan fingerprint density at radius 2 is 2.41 bits per heavy atom. The van der Waals surface area contributed by atoms with Crippen molar-refractivity contribution in [1.82, 2.24) is 10.3 Å². The van der Waals surface area contributed by atoms with Gasteiger partial charge in [0.15, 0.2) is 0 Å². The zero-order chi connectivity index (χ0) is 12.8. The van der Waals surface area contributed by atoms with E-state index < -0.39 is 18.6 Å². The first-order chi connectivity index (χ1) is 8.06. The number of aromatic nitrogens is 1. The van der Waals surface area contributed by atoms with Gasteiger partial charge in [0.2, 0.25) is 0 Å². The number of hydrogen-bond donors (Lipinski definition) is 2. The first kappa shape index (κ1) is 14.0. The number of rotatable bonds is 5. The summed E-state index contributed by atoms with van der Waals surface area (Å²) in [6.45, 7) is 0.955. The van der Waals surface area contributed by atoms with Gasteiger partial charge in [-0.3, -0.25) is 4.79 Å². The van der Waals surface area contributed by atoms with Crippen molar-refractivity contribution in [3.05, 3.63) is 22.3 Å². The van der Waals surface area contributed by atoms with E-state index in [9.17, 15) is 9.18 Å². The van der Waals surface area contributed by atoms with E-state index in [2.05, 4.69) is 43.8 Å². The summed E-state index contributed by atoms with van der Waals surface area (Å²) in [6.07, 6.45) is 0. The van der Waals surface area contributed by atoms with E-state index in [1.165, 1.54) is 5.49 Å². The second kappa shape index (κ2) is 6.61. The minimum atomic E-state index is -0.620. The molecule has 2 N–H and O–H groups in total. The van der Waals surface area contributed by atoms with Gasteiger partial charge in [0.05, 0.1) is 11.5 Å². The van der Waals surface area contributed by atoms with E-state index in [4.69, 9.17) is 0 Å². The number of amides is 1. The molecule has 1 atom stereocenters. The lowest BCUT2D eigenvalue weighted by molar-refractivity contribution is 0.0929. The van der Waals surface area contributed by atoms with Crippen LogP contribution in [0, 0.1) is 0 Å². The molecule has 1 amide bonds. The number of nitrogens with zero attached hydrogens (tertiary/aromatic N) is 1. The Balaban J connectivity index is 2.89. The van der Waals surface area contributed by atoms with Crippen LogP contribution in [0.1, 0.15) is 17.4 Å². The van der Waals surface area contributed by atoms with Crippen LogP contribution in [-0.2, 0) is 0 Å². The maximum Gasteiger partial charge on any atom is 0.270 e. The molecular weight excluding hydrogens is 309 g/mol. The Hall–Kier alpha value is -1.08. The zero-order valence-corrected chi connectivity index (χ0v) is 11.4. The summed E-state index contributed by atoms with van der Waals surface area (Å²) in [7, 11) is 0. The Bertz CT molecular complexity index is 430. The predicted molar refractivity (Wildman–Crippen MR) is 72.1 cm³/mol. The molecular formula is C10H11BrFN3OS. The maximum atomic E-state index is 12.3. The van der Waals surface area contributed by atoms with Crippen molar-refractivity contribution in [2.45, 2.75) is 13.0 Å². The highest BCUT2D eigenvalue weighted by Gasteiger charge is 2.12. The minimum absolute atomic E-state index is 0.194. The van der Waals surface area contributed by atoms with Crippen molar-refractivity contribution in [3.8, 4) is 0 Å². The Labute approximate surface area is 112 Å². The van der Waals surface area contributed by atoms with Crippen LogP contribution in [0.5, 0.6) is 0 Å². The van der Waals surface area contributed by atoms with E-state index in [0.29, 0.717) is 10.3 Å². The highest BCUT2D eigenvalue weighted by molar-refractivity contribution is 9.10. The molecule has 17 heavy (non-hydrogen) atoms. The summed E-state index contributed by atoms with van der Waals surface area (Å²) < 4.78 is 13.0. The molecule has 0 bridgehead atoms. The minimum Gasteiger partial charge on any atom is -0.346 e. The molecule has 0 saturated carbocycles. The van der Waals surface area contributed by atoms with E-state index >= 15 is 0 Å². The molecule has 0 aliphatic heterocycles. The van der Waals surface area contributed by atoms with Crippen molar-refractivity contribution < 1.29 is 9.18 Å². The summed E-state index contributed by atoms with van der Waals surface area (Å²) in [5.41, 5.74) is 1.49. The number of halogens is 2. The van der Waals surface area contributed by atoms with Crippen molar-refractivity contribution in [1.29, 1.82) is 0 Å². The number of pyridine rings is 1. The van der Waals surface area contributed by atoms with Gasteiger partial charge in [0.25, 0.3) is 5.91 Å². The molecule has 1 rings (SSSR count). The standard InChI is InChI=1S/C10H11BrFN3OS/c1-6(4-12)14-10(16)8-2-7(11)3-9(15-8)13-5-17/h2-3,5-6H,4H2,1H3,(H,14,16)(H,13,15,17). The van der Waals surface area contributed by atoms with Gasteiger partial charge >= 0.3 is 0 Å². The third-order valence-corrected chi connectivity index (χ3v) is 2.41. The SMILES string of the molecule is CC(CF)NC(=O)c1cc(Br)cc(NC=S)n1. The van der Waals surface area contributed by atoms with Crippen molar-refractivity contribution in [2.75, 3.05) is 12.0 Å². The molecule has 92 valence electrons. The average Bonchev–Trinajstić information content (AvgIpc) is 2.28. The second-order valence-electron chi connectivity index (χ2n) is 3.35. The van der Waals surface area contributed by atoms with Crippen LogP contribution in [0.3, 0.4) is 0 Å². The number of carbonyl (C=O) groups is 1. The predicted octanol–water partition coefficient (Wildman–Crippen LogP) is 2.30. The fourth-order valence-electron chi connectivity index (χ4n) is 1.08. The molecule has 1 aromatic heterocycles. The number of thiocarbonyl (C=S) groups is 1. The summed E-state index contributed by atoms with van der Waals surface area (Å²) in [6, 6.07) is 2.69. The van der Waals surface area contributed by atoms with Crippen LogP contribution in [0.4, 0.5) is 10.2 Å². The molecule has 1 unspecified atom stereocenters. The van der Waals surface area contributed by atoms with E-state index in [-0.39, 0.29) is 5.69 Å². The van der Waals surface area contributed by atoms with Crippen molar-refractivity contribution in [2.24, 2.45) is 0 Å². The molecule has 0 spiro atoms. The van der Waals surface area contributed by atoms with E-state index in [1.807, 2.05) is 0 Å². The number of carbonyl (C=O) groups excluding carboxylic acids is 1. The number of anilines is 1. The summed E-state index contributed by atoms with van der Waals surface area (Å²) in [5, 5.41) is 5.19. The lowest BCUT2D eigenvalue weighted by atomic mass is 10.3. The summed E-state index contributed by atoms with van der Waals surface area (Å²) in [5.74, 6) is 0.0243. The molecule has 4 nitrogen and oxygen atoms in total. The molecule has 7 heteroatoms. The van der Waals surface area contributed by atoms with Crippen LogP contribution in [0.2, 0.25) is 0 Å². The van der Waals surface area contributed by atoms with Gasteiger partial charge in [-0.05, 0) is 19.1 Å². The van der Waals surface area contributed by atoms with Crippen LogP contribution in [0.25, 0.3) is 0 Å². The third-order valence-electron chi connectivity index (χ3n) is 1.84. The Morgan fingerprint density at radius 3 is 3.00 bits per heavy atom. The van der Waals surface area contributed by atoms with Crippen molar-refractivity contribution in [3.63, 3.8) is 0 Å². The molecule has 1 heterocycles. The Morgan fingerprint density at radius 1 is 1.71 bits per heavy atom. The first-order valence-corrected chi connectivity index (χ1v) is 6.08.